The number of nitrogens with one attached hydrogen (secondary N) is 2. The van der Waals surface area contributed by atoms with E-state index >= 15 is 0 Å². The third kappa shape index (κ3) is 2.96. The van der Waals surface area contributed by atoms with Crippen LogP contribution in [0.2, 0.25) is 0 Å². The average molecular weight is 364 g/mol. The van der Waals surface area contributed by atoms with Crippen LogP contribution in [0.1, 0.15) is 0 Å². The third-order valence-corrected chi connectivity index (χ3v) is 3.93. The van der Waals surface area contributed by atoms with Gasteiger partial charge in [-0.05, 0) is 30.3 Å². The highest BCUT2D eigenvalue weighted by Gasteiger charge is 2.11. The highest BCUT2D eigenvalue weighted by atomic mass is 79.9. The van der Waals surface area contributed by atoms with Gasteiger partial charge in [0.2, 0.25) is 5.91 Å². The molecule has 1 aromatic heterocycles. The molecule has 0 radical (unpaired) electrons. The van der Waals surface area contributed by atoms with Crippen molar-refractivity contribution in [3.63, 3.8) is 0 Å². The fourth-order valence-electron chi connectivity index (χ4n) is 2.25. The number of alkyl halides is 1. The first-order valence-corrected chi connectivity index (χ1v) is 7.73. The number of aromatic amines is 1. The van der Waals surface area contributed by atoms with E-state index in [0.29, 0.717) is 0 Å². The smallest absolute Gasteiger partial charge is 0.239 e. The largest absolute Gasteiger partial charge is 0.354 e. The SMILES string of the molecule is O=C(CCl)Nc1ccc(Br)cc1-c1cc2ccccc2[nH]1. The monoisotopic (exact) mass is 362 g/mol. The number of fused-ring (bicyclic) bond motifs is 1. The number of H-pyrrole nitrogens is 1. The number of para-hydroxylation sites is 1. The lowest BCUT2D eigenvalue weighted by atomic mass is 10.1. The standard InChI is InChI=1S/C16H12BrClN2O/c17-11-5-6-14(20-16(21)9-18)12(8-11)15-7-10-3-1-2-4-13(10)19-15/h1-8,19H,9H2,(H,20,21). The van der Waals surface area contributed by atoms with Gasteiger partial charge in [0.05, 0.1) is 5.69 Å². The van der Waals surface area contributed by atoms with Gasteiger partial charge < -0.3 is 10.3 Å². The van der Waals surface area contributed by atoms with Gasteiger partial charge in [0.1, 0.15) is 5.88 Å². The first-order chi connectivity index (χ1) is 10.2. The van der Waals surface area contributed by atoms with E-state index in [-0.39, 0.29) is 11.8 Å². The van der Waals surface area contributed by atoms with Gasteiger partial charge in [0.15, 0.2) is 0 Å². The number of hydrogen-bond donors (Lipinski definition) is 2. The molecule has 3 aromatic rings. The Morgan fingerprint density at radius 2 is 2.00 bits per heavy atom. The number of halogens is 2. The van der Waals surface area contributed by atoms with Crippen LogP contribution in [-0.2, 0) is 4.79 Å². The van der Waals surface area contributed by atoms with E-state index in [1.807, 2.05) is 42.5 Å². The van der Waals surface area contributed by atoms with Gasteiger partial charge in [-0.2, -0.15) is 0 Å². The molecule has 1 amide bonds. The van der Waals surface area contributed by atoms with Crippen molar-refractivity contribution < 1.29 is 4.79 Å². The Morgan fingerprint density at radius 1 is 1.19 bits per heavy atom. The van der Waals surface area contributed by atoms with E-state index in [1.54, 1.807) is 0 Å². The van der Waals surface area contributed by atoms with Gasteiger partial charge in [-0.3, -0.25) is 4.79 Å². The maximum Gasteiger partial charge on any atom is 0.239 e. The molecule has 0 bridgehead atoms. The van der Waals surface area contributed by atoms with Crippen molar-refractivity contribution in [3.8, 4) is 11.3 Å². The maximum atomic E-state index is 11.6. The quantitative estimate of drug-likeness (QED) is 0.647. The minimum absolute atomic E-state index is 0.0673. The summed E-state index contributed by atoms with van der Waals surface area (Å²) in [5.41, 5.74) is 3.65. The Labute approximate surface area is 135 Å². The number of benzene rings is 2. The van der Waals surface area contributed by atoms with Crippen molar-refractivity contribution in [2.75, 3.05) is 11.2 Å². The molecule has 2 N–H and O–H groups in total. The van der Waals surface area contributed by atoms with Crippen molar-refractivity contribution in [2.45, 2.75) is 0 Å². The minimum Gasteiger partial charge on any atom is -0.354 e. The fourth-order valence-corrected chi connectivity index (χ4v) is 2.68. The van der Waals surface area contributed by atoms with Gasteiger partial charge in [0.25, 0.3) is 0 Å². The second kappa shape index (κ2) is 5.92. The second-order valence-corrected chi connectivity index (χ2v) is 5.82. The summed E-state index contributed by atoms with van der Waals surface area (Å²) in [6.07, 6.45) is 0. The summed E-state index contributed by atoms with van der Waals surface area (Å²) >= 11 is 9.03. The zero-order valence-corrected chi connectivity index (χ0v) is 13.3. The van der Waals surface area contributed by atoms with Crippen LogP contribution in [0.4, 0.5) is 5.69 Å². The molecule has 0 aliphatic carbocycles. The molecule has 0 saturated carbocycles. The molecule has 3 rings (SSSR count). The molecule has 0 spiro atoms. The molecule has 0 atom stereocenters. The number of rotatable bonds is 3. The van der Waals surface area contributed by atoms with Gasteiger partial charge in [-0.1, -0.05) is 34.1 Å². The lowest BCUT2D eigenvalue weighted by Crippen LogP contribution is -2.13. The van der Waals surface area contributed by atoms with E-state index < -0.39 is 0 Å². The molecule has 0 saturated heterocycles. The Morgan fingerprint density at radius 3 is 2.76 bits per heavy atom. The molecular formula is C16H12BrClN2O. The lowest BCUT2D eigenvalue weighted by Gasteiger charge is -2.09. The summed E-state index contributed by atoms with van der Waals surface area (Å²) in [6, 6.07) is 15.8. The molecule has 2 aromatic carbocycles. The molecule has 106 valence electrons. The van der Waals surface area contributed by atoms with Gasteiger partial charge in [0, 0.05) is 26.6 Å². The van der Waals surface area contributed by atoms with Crippen LogP contribution >= 0.6 is 27.5 Å². The lowest BCUT2D eigenvalue weighted by molar-refractivity contribution is -0.113. The summed E-state index contributed by atoms with van der Waals surface area (Å²) < 4.78 is 0.944. The second-order valence-electron chi connectivity index (χ2n) is 4.64. The predicted molar refractivity (Wildman–Crippen MR) is 90.8 cm³/mol. The Bertz CT molecular complexity index is 780. The predicted octanol–water partition coefficient (Wildman–Crippen LogP) is 4.77. The molecule has 1 heterocycles. The summed E-state index contributed by atoms with van der Waals surface area (Å²) in [7, 11) is 0. The van der Waals surface area contributed by atoms with Gasteiger partial charge in [-0.25, -0.2) is 0 Å². The number of anilines is 1. The first-order valence-electron chi connectivity index (χ1n) is 6.41. The van der Waals surface area contributed by atoms with Crippen molar-refractivity contribution in [3.05, 3.63) is 53.0 Å². The number of carbonyl (C=O) groups excluding carboxylic acids is 1. The van der Waals surface area contributed by atoms with E-state index in [1.165, 1.54) is 0 Å². The number of carbonyl (C=O) groups is 1. The van der Waals surface area contributed by atoms with Gasteiger partial charge >= 0.3 is 0 Å². The normalized spacial score (nSPS) is 10.8. The Kier molecular flexibility index (Phi) is 3.99. The third-order valence-electron chi connectivity index (χ3n) is 3.20. The molecule has 0 aliphatic rings. The Hall–Kier alpha value is -1.78. The van der Waals surface area contributed by atoms with Crippen LogP contribution in [0.15, 0.2) is 53.0 Å². The molecular weight excluding hydrogens is 352 g/mol. The topological polar surface area (TPSA) is 44.9 Å². The maximum absolute atomic E-state index is 11.6. The zero-order valence-electron chi connectivity index (χ0n) is 11.0. The van der Waals surface area contributed by atoms with Crippen LogP contribution in [0, 0.1) is 0 Å². The Balaban J connectivity index is 2.11. The van der Waals surface area contributed by atoms with Crippen molar-refractivity contribution in [2.24, 2.45) is 0 Å². The number of hydrogen-bond acceptors (Lipinski definition) is 1. The van der Waals surface area contributed by atoms with Crippen LogP contribution in [0.5, 0.6) is 0 Å². The van der Waals surface area contributed by atoms with Crippen LogP contribution in [-0.4, -0.2) is 16.8 Å². The van der Waals surface area contributed by atoms with Crippen molar-refractivity contribution >= 4 is 50.0 Å². The molecule has 3 nitrogen and oxygen atoms in total. The fraction of sp³-hybridized carbons (Fsp3) is 0.0625. The van der Waals surface area contributed by atoms with Crippen LogP contribution in [0.25, 0.3) is 22.2 Å². The van der Waals surface area contributed by atoms with E-state index in [4.69, 9.17) is 11.6 Å². The molecule has 21 heavy (non-hydrogen) atoms. The summed E-state index contributed by atoms with van der Waals surface area (Å²) in [4.78, 5) is 14.9. The summed E-state index contributed by atoms with van der Waals surface area (Å²) in [5, 5.41) is 3.95. The van der Waals surface area contributed by atoms with E-state index in [0.717, 1.165) is 32.3 Å². The van der Waals surface area contributed by atoms with Crippen LogP contribution in [0.3, 0.4) is 0 Å². The van der Waals surface area contributed by atoms with E-state index in [9.17, 15) is 4.79 Å². The van der Waals surface area contributed by atoms with Crippen molar-refractivity contribution in [1.29, 1.82) is 0 Å². The molecule has 0 fully saturated rings. The molecule has 0 aliphatic heterocycles. The summed E-state index contributed by atoms with van der Waals surface area (Å²) in [6.45, 7) is 0. The zero-order chi connectivity index (χ0) is 14.8. The minimum atomic E-state index is -0.226. The van der Waals surface area contributed by atoms with Crippen LogP contribution < -0.4 is 5.32 Å². The highest BCUT2D eigenvalue weighted by Crippen LogP contribution is 2.32. The highest BCUT2D eigenvalue weighted by molar-refractivity contribution is 9.10. The molecule has 5 heteroatoms. The molecule has 0 unspecified atom stereocenters. The van der Waals surface area contributed by atoms with Gasteiger partial charge in [-0.15, -0.1) is 11.6 Å². The first kappa shape index (κ1) is 14.2. The van der Waals surface area contributed by atoms with E-state index in [2.05, 4.69) is 32.3 Å². The number of aromatic nitrogens is 1. The van der Waals surface area contributed by atoms with Crippen molar-refractivity contribution in [1.82, 2.24) is 4.98 Å². The summed E-state index contributed by atoms with van der Waals surface area (Å²) in [5.74, 6) is -0.293. The number of amides is 1. The average Bonchev–Trinajstić information content (AvgIpc) is 2.92.